The first kappa shape index (κ1) is 25.8. The van der Waals surface area contributed by atoms with E-state index in [1.807, 2.05) is 50.4 Å². The summed E-state index contributed by atoms with van der Waals surface area (Å²) in [6.45, 7) is 10.5. The van der Waals surface area contributed by atoms with E-state index in [-0.39, 0.29) is 5.91 Å². The summed E-state index contributed by atoms with van der Waals surface area (Å²) in [5.41, 5.74) is 5.24. The lowest BCUT2D eigenvalue weighted by atomic mass is 10.1. The van der Waals surface area contributed by atoms with Crippen molar-refractivity contribution in [1.29, 1.82) is 0 Å². The molecule has 0 radical (unpaired) electrons. The summed E-state index contributed by atoms with van der Waals surface area (Å²) in [4.78, 5) is 28.5. The molecule has 0 spiro atoms. The third-order valence-corrected chi connectivity index (χ3v) is 7.67. The number of thioether (sulfide) groups is 1. The number of amides is 1. The lowest BCUT2D eigenvalue weighted by molar-refractivity contribution is 0.0802. The number of piperazine rings is 1. The molecule has 190 valence electrons. The summed E-state index contributed by atoms with van der Waals surface area (Å²) in [5.74, 6) is 2.71. The number of aryl methyl sites for hydroxylation is 1. The number of carbonyl (C=O) groups is 1. The van der Waals surface area contributed by atoms with Gasteiger partial charge in [-0.05, 0) is 62.7 Å². The second-order valence-corrected chi connectivity index (χ2v) is 9.96. The Balaban J connectivity index is 1.39. The number of hydrogen-bond acceptors (Lipinski definition) is 7. The molecule has 1 aliphatic heterocycles. The van der Waals surface area contributed by atoms with Gasteiger partial charge in [0.1, 0.15) is 11.6 Å². The van der Waals surface area contributed by atoms with Crippen molar-refractivity contribution in [3.8, 4) is 5.75 Å². The topological polar surface area (TPSA) is 61.8 Å². The summed E-state index contributed by atoms with van der Waals surface area (Å²) in [5, 5.41) is 0.788. The number of ether oxygens (including phenoxy) is 1. The first-order chi connectivity index (χ1) is 17.4. The SMILES string of the molecule is CCN(C)C(=O)c1ccc(CSc2nc(C)c(C)c(N3CCN(c4ccc(OC)cc4)CC3)n2)cc1. The molecule has 3 aromatic rings. The van der Waals surface area contributed by atoms with Crippen molar-refractivity contribution in [1.82, 2.24) is 14.9 Å². The van der Waals surface area contributed by atoms with E-state index in [0.29, 0.717) is 12.1 Å². The Hall–Kier alpha value is -3.26. The molecule has 2 aromatic carbocycles. The molecule has 0 bridgehead atoms. The second kappa shape index (κ2) is 11.6. The minimum Gasteiger partial charge on any atom is -0.497 e. The van der Waals surface area contributed by atoms with Crippen LogP contribution in [0.5, 0.6) is 5.75 Å². The highest BCUT2D eigenvalue weighted by molar-refractivity contribution is 7.98. The van der Waals surface area contributed by atoms with Crippen LogP contribution in [0.3, 0.4) is 0 Å². The summed E-state index contributed by atoms with van der Waals surface area (Å²) in [6, 6.07) is 16.1. The molecule has 0 unspecified atom stereocenters. The van der Waals surface area contributed by atoms with E-state index < -0.39 is 0 Å². The van der Waals surface area contributed by atoms with Crippen molar-refractivity contribution >= 4 is 29.2 Å². The summed E-state index contributed by atoms with van der Waals surface area (Å²) in [6.07, 6.45) is 0. The predicted octanol–water partition coefficient (Wildman–Crippen LogP) is 4.81. The predicted molar refractivity (Wildman–Crippen MR) is 148 cm³/mol. The molecule has 1 amide bonds. The largest absolute Gasteiger partial charge is 0.497 e. The molecular formula is C28H35N5O2S. The van der Waals surface area contributed by atoms with E-state index in [2.05, 4.69) is 35.8 Å². The first-order valence-electron chi connectivity index (χ1n) is 12.4. The van der Waals surface area contributed by atoms with Gasteiger partial charge in [-0.25, -0.2) is 9.97 Å². The van der Waals surface area contributed by atoms with Crippen molar-refractivity contribution in [3.63, 3.8) is 0 Å². The zero-order chi connectivity index (χ0) is 25.7. The van der Waals surface area contributed by atoms with E-state index in [4.69, 9.17) is 14.7 Å². The number of carbonyl (C=O) groups excluding carboxylic acids is 1. The molecule has 8 heteroatoms. The molecule has 2 heterocycles. The van der Waals surface area contributed by atoms with Crippen molar-refractivity contribution in [2.45, 2.75) is 31.7 Å². The van der Waals surface area contributed by atoms with Crippen molar-refractivity contribution in [2.24, 2.45) is 0 Å². The zero-order valence-corrected chi connectivity index (χ0v) is 22.6. The van der Waals surface area contributed by atoms with Gasteiger partial charge < -0.3 is 19.4 Å². The van der Waals surface area contributed by atoms with Crippen LogP contribution in [0.2, 0.25) is 0 Å². The Kier molecular flexibility index (Phi) is 8.36. The molecule has 0 aliphatic carbocycles. The Labute approximate surface area is 218 Å². The maximum Gasteiger partial charge on any atom is 0.253 e. The van der Waals surface area contributed by atoms with Crippen LogP contribution in [0.25, 0.3) is 0 Å². The van der Waals surface area contributed by atoms with Gasteiger partial charge in [-0.3, -0.25) is 4.79 Å². The summed E-state index contributed by atoms with van der Waals surface area (Å²) < 4.78 is 5.28. The minimum atomic E-state index is 0.0472. The van der Waals surface area contributed by atoms with Crippen LogP contribution < -0.4 is 14.5 Å². The number of methoxy groups -OCH3 is 1. The van der Waals surface area contributed by atoms with Crippen molar-refractivity contribution < 1.29 is 9.53 Å². The van der Waals surface area contributed by atoms with Crippen LogP contribution in [0.4, 0.5) is 11.5 Å². The molecular weight excluding hydrogens is 470 g/mol. The lowest BCUT2D eigenvalue weighted by Gasteiger charge is -2.37. The monoisotopic (exact) mass is 505 g/mol. The smallest absolute Gasteiger partial charge is 0.253 e. The van der Waals surface area contributed by atoms with Crippen molar-refractivity contribution in [2.75, 3.05) is 56.7 Å². The van der Waals surface area contributed by atoms with Crippen LogP contribution in [0.15, 0.2) is 53.7 Å². The maximum absolute atomic E-state index is 12.3. The second-order valence-electron chi connectivity index (χ2n) is 9.02. The zero-order valence-electron chi connectivity index (χ0n) is 21.8. The Morgan fingerprint density at radius 2 is 1.61 bits per heavy atom. The van der Waals surface area contributed by atoms with E-state index in [0.717, 1.165) is 65.5 Å². The maximum atomic E-state index is 12.3. The van der Waals surface area contributed by atoms with Gasteiger partial charge in [-0.2, -0.15) is 0 Å². The Bertz CT molecular complexity index is 1180. The molecule has 7 nitrogen and oxygen atoms in total. The number of anilines is 2. The lowest BCUT2D eigenvalue weighted by Crippen LogP contribution is -2.47. The Morgan fingerprint density at radius 3 is 2.22 bits per heavy atom. The summed E-state index contributed by atoms with van der Waals surface area (Å²) in [7, 11) is 3.51. The van der Waals surface area contributed by atoms with Gasteiger partial charge in [-0.1, -0.05) is 23.9 Å². The first-order valence-corrected chi connectivity index (χ1v) is 13.3. The molecule has 0 saturated carbocycles. The average molecular weight is 506 g/mol. The molecule has 1 aliphatic rings. The van der Waals surface area contributed by atoms with Gasteiger partial charge >= 0.3 is 0 Å². The quantitative estimate of drug-likeness (QED) is 0.322. The van der Waals surface area contributed by atoms with Gasteiger partial charge in [0.25, 0.3) is 5.91 Å². The molecule has 1 fully saturated rings. The third-order valence-electron chi connectivity index (χ3n) is 6.75. The molecule has 0 atom stereocenters. The van der Waals surface area contributed by atoms with Crippen molar-refractivity contribution in [3.05, 3.63) is 70.9 Å². The number of aromatic nitrogens is 2. The number of hydrogen-bond donors (Lipinski definition) is 0. The number of rotatable bonds is 8. The van der Waals surface area contributed by atoms with E-state index in [9.17, 15) is 4.79 Å². The highest BCUT2D eigenvalue weighted by Crippen LogP contribution is 2.28. The van der Waals surface area contributed by atoms with Crippen LogP contribution in [-0.4, -0.2) is 67.7 Å². The molecule has 0 N–H and O–H groups in total. The van der Waals surface area contributed by atoms with Gasteiger partial charge in [0.05, 0.1) is 7.11 Å². The van der Waals surface area contributed by atoms with Gasteiger partial charge in [0.2, 0.25) is 0 Å². The number of nitrogens with zero attached hydrogens (tertiary/aromatic N) is 5. The molecule has 1 aromatic heterocycles. The minimum absolute atomic E-state index is 0.0472. The molecule has 1 saturated heterocycles. The van der Waals surface area contributed by atoms with Crippen LogP contribution in [0, 0.1) is 13.8 Å². The highest BCUT2D eigenvalue weighted by atomic mass is 32.2. The highest BCUT2D eigenvalue weighted by Gasteiger charge is 2.21. The fourth-order valence-electron chi connectivity index (χ4n) is 4.19. The molecule has 36 heavy (non-hydrogen) atoms. The fraction of sp³-hybridized carbons (Fsp3) is 0.393. The van der Waals surface area contributed by atoms with Crippen LogP contribution in [0.1, 0.15) is 34.1 Å². The Morgan fingerprint density at radius 1 is 0.972 bits per heavy atom. The van der Waals surface area contributed by atoms with Crippen LogP contribution in [-0.2, 0) is 5.75 Å². The normalized spacial score (nSPS) is 13.6. The van der Waals surface area contributed by atoms with Gasteiger partial charge in [0, 0.05) is 68.0 Å². The van der Waals surface area contributed by atoms with E-state index in [1.54, 1.807) is 23.8 Å². The average Bonchev–Trinajstić information content (AvgIpc) is 2.93. The summed E-state index contributed by atoms with van der Waals surface area (Å²) >= 11 is 1.63. The van der Waals surface area contributed by atoms with Gasteiger partial charge in [-0.15, -0.1) is 0 Å². The number of benzene rings is 2. The van der Waals surface area contributed by atoms with Crippen LogP contribution >= 0.6 is 11.8 Å². The van der Waals surface area contributed by atoms with E-state index in [1.165, 1.54) is 5.69 Å². The fourth-order valence-corrected chi connectivity index (χ4v) is 5.03. The van der Waals surface area contributed by atoms with Gasteiger partial charge in [0.15, 0.2) is 5.16 Å². The van der Waals surface area contributed by atoms with E-state index >= 15 is 0 Å². The third kappa shape index (κ3) is 5.93. The molecule has 4 rings (SSSR count). The standard InChI is InChI=1S/C28H35N5O2S/c1-6-31(4)27(34)23-9-7-22(8-10-23)19-36-28-29-21(3)20(2)26(30-28)33-17-15-32(16-18-33)24-11-13-25(35-5)14-12-24/h7-14H,6,15-19H2,1-5H3.